The molecule has 0 aromatic carbocycles. The number of hydrogen-bond donors (Lipinski definition) is 1. The van der Waals surface area contributed by atoms with Crippen LogP contribution in [-0.2, 0) is 37.6 Å². The Bertz CT molecular complexity index is 493. The van der Waals surface area contributed by atoms with Crippen molar-refractivity contribution in [1.29, 1.82) is 0 Å². The van der Waals surface area contributed by atoms with E-state index in [0.717, 1.165) is 24.3 Å². The minimum absolute atomic E-state index is 0.346. The molecular weight excluding hydrogens is 313 g/mol. The number of hydrogen-bond acceptors (Lipinski definition) is 9. The Morgan fingerprint density at radius 2 is 1.56 bits per heavy atom. The van der Waals surface area contributed by atoms with Gasteiger partial charge in [0.2, 0.25) is 0 Å². The molecular formula is C5H11NO9PS2+. The van der Waals surface area contributed by atoms with Gasteiger partial charge in [0.05, 0.1) is 0 Å². The molecule has 13 heteroatoms. The lowest BCUT2D eigenvalue weighted by Gasteiger charge is -2.22. The molecule has 0 bridgehead atoms. The molecule has 0 aliphatic carbocycles. The summed E-state index contributed by atoms with van der Waals surface area (Å²) >= 11 is 0. The second kappa shape index (κ2) is 6.30. The minimum Gasteiger partial charge on any atom is -0.261 e. The molecule has 1 heterocycles. The van der Waals surface area contributed by atoms with Crippen LogP contribution in [0, 0.1) is 0 Å². The summed E-state index contributed by atoms with van der Waals surface area (Å²) in [6, 6.07) is 0. The predicted octanol–water partition coefficient (Wildman–Crippen LogP) is 0.142. The van der Waals surface area contributed by atoms with E-state index >= 15 is 0 Å². The molecule has 0 spiro atoms. The summed E-state index contributed by atoms with van der Waals surface area (Å²) in [4.78, 5) is 0. The van der Waals surface area contributed by atoms with E-state index in [2.05, 4.69) is 12.2 Å². The van der Waals surface area contributed by atoms with Gasteiger partial charge in [0, 0.05) is 25.6 Å². The SMILES string of the molecule is O=[P+](OS(=O)(=O)O)OS(=O)(=O)ON1CCCCC1. The van der Waals surface area contributed by atoms with Crippen LogP contribution in [0.5, 0.6) is 0 Å². The topological polar surface area (TPSA) is 137 Å². The highest BCUT2D eigenvalue weighted by Crippen LogP contribution is 2.30. The van der Waals surface area contributed by atoms with Crippen molar-refractivity contribution in [2.45, 2.75) is 19.3 Å². The van der Waals surface area contributed by atoms with Crippen molar-refractivity contribution >= 4 is 29.1 Å². The fraction of sp³-hybridized carbons (Fsp3) is 1.00. The summed E-state index contributed by atoms with van der Waals surface area (Å²) in [5.41, 5.74) is 0. The lowest BCUT2D eigenvalue weighted by atomic mass is 10.2. The second-order valence-corrected chi connectivity index (χ2v) is 6.73. The average Bonchev–Trinajstić information content (AvgIpc) is 2.13. The monoisotopic (exact) mass is 324 g/mol. The first-order valence-electron chi connectivity index (χ1n) is 4.71. The summed E-state index contributed by atoms with van der Waals surface area (Å²) in [6.45, 7) is 0.692. The standard InChI is InChI=1S/C5H10NO9PS2/c7-16(14-17(8,9)10)15-18(11,12)13-6-4-2-1-3-5-6/h1-5H2/p+1. The third-order valence-electron chi connectivity index (χ3n) is 1.82. The normalized spacial score (nSPS) is 19.7. The molecule has 1 N–H and O–H groups in total. The van der Waals surface area contributed by atoms with Crippen LogP contribution in [0.25, 0.3) is 0 Å². The number of hydroxylamine groups is 2. The molecule has 1 unspecified atom stereocenters. The van der Waals surface area contributed by atoms with Crippen LogP contribution in [0.1, 0.15) is 19.3 Å². The van der Waals surface area contributed by atoms with Crippen molar-refractivity contribution in [2.24, 2.45) is 0 Å². The molecule has 1 rings (SSSR count). The molecule has 106 valence electrons. The lowest BCUT2D eigenvalue weighted by molar-refractivity contribution is -0.0730. The van der Waals surface area contributed by atoms with Gasteiger partial charge in [-0.25, -0.2) is 0 Å². The third-order valence-corrected chi connectivity index (χ3v) is 4.67. The molecule has 0 saturated carbocycles. The largest absolute Gasteiger partial charge is 0.736 e. The Morgan fingerprint density at radius 1 is 1.00 bits per heavy atom. The van der Waals surface area contributed by atoms with Crippen molar-refractivity contribution in [3.8, 4) is 0 Å². The van der Waals surface area contributed by atoms with Gasteiger partial charge in [-0.2, -0.15) is 26.2 Å². The van der Waals surface area contributed by atoms with Crippen LogP contribution < -0.4 is 0 Å². The first kappa shape index (κ1) is 15.9. The number of nitrogens with zero attached hydrogens (tertiary/aromatic N) is 1. The molecule has 18 heavy (non-hydrogen) atoms. The van der Waals surface area contributed by atoms with E-state index in [-0.39, 0.29) is 0 Å². The van der Waals surface area contributed by atoms with E-state index in [4.69, 9.17) is 4.55 Å². The zero-order chi connectivity index (χ0) is 13.8. The maximum atomic E-state index is 11.2. The highest BCUT2D eigenvalue weighted by atomic mass is 32.3. The van der Waals surface area contributed by atoms with Crippen LogP contribution in [-0.4, -0.2) is 39.5 Å². The summed E-state index contributed by atoms with van der Waals surface area (Å²) in [7, 11) is -13.4. The van der Waals surface area contributed by atoms with E-state index in [9.17, 15) is 21.4 Å². The Balaban J connectivity index is 2.51. The first-order valence-corrected chi connectivity index (χ1v) is 8.51. The predicted molar refractivity (Wildman–Crippen MR) is 56.8 cm³/mol. The fourth-order valence-electron chi connectivity index (χ4n) is 1.25. The van der Waals surface area contributed by atoms with Gasteiger partial charge in [-0.15, -0.1) is 0 Å². The van der Waals surface area contributed by atoms with Crippen molar-refractivity contribution in [3.05, 3.63) is 0 Å². The number of piperidine rings is 1. The molecule has 1 fully saturated rings. The van der Waals surface area contributed by atoms with E-state index in [1.54, 1.807) is 0 Å². The summed E-state index contributed by atoms with van der Waals surface area (Å²) < 4.78 is 73.1. The Labute approximate surface area is 105 Å². The molecule has 1 aliphatic rings. The molecule has 0 aromatic rings. The molecule has 1 aliphatic heterocycles. The van der Waals surface area contributed by atoms with Gasteiger partial charge in [0.15, 0.2) is 0 Å². The van der Waals surface area contributed by atoms with Crippen LogP contribution in [0.4, 0.5) is 0 Å². The molecule has 10 nitrogen and oxygen atoms in total. The summed E-state index contributed by atoms with van der Waals surface area (Å²) in [5.74, 6) is 0. The molecule has 0 radical (unpaired) electrons. The second-order valence-electron chi connectivity index (χ2n) is 3.27. The molecule has 0 aromatic heterocycles. The lowest BCUT2D eigenvalue weighted by Crippen LogP contribution is -2.32. The van der Waals surface area contributed by atoms with Crippen LogP contribution in [0.3, 0.4) is 0 Å². The van der Waals surface area contributed by atoms with Crippen molar-refractivity contribution in [2.75, 3.05) is 13.1 Å². The van der Waals surface area contributed by atoms with Crippen molar-refractivity contribution in [1.82, 2.24) is 5.06 Å². The Morgan fingerprint density at radius 3 is 2.06 bits per heavy atom. The zero-order valence-electron chi connectivity index (χ0n) is 8.96. The minimum atomic E-state index is -5.07. The maximum absolute atomic E-state index is 11.2. The van der Waals surface area contributed by atoms with Crippen molar-refractivity contribution < 1.29 is 38.2 Å². The molecule has 1 atom stereocenters. The van der Waals surface area contributed by atoms with Gasteiger partial charge in [0.25, 0.3) is 0 Å². The van der Waals surface area contributed by atoms with E-state index in [1.165, 1.54) is 0 Å². The zero-order valence-corrected chi connectivity index (χ0v) is 11.5. The van der Waals surface area contributed by atoms with E-state index in [0.29, 0.717) is 13.1 Å². The van der Waals surface area contributed by atoms with Crippen LogP contribution in [0.15, 0.2) is 0 Å². The van der Waals surface area contributed by atoms with Gasteiger partial charge < -0.3 is 0 Å². The third kappa shape index (κ3) is 6.66. The quantitative estimate of drug-likeness (QED) is 0.530. The smallest absolute Gasteiger partial charge is 0.261 e. The van der Waals surface area contributed by atoms with Gasteiger partial charge >= 0.3 is 29.1 Å². The van der Waals surface area contributed by atoms with E-state index in [1.807, 2.05) is 0 Å². The number of rotatable bonds is 6. The highest BCUT2D eigenvalue weighted by Gasteiger charge is 2.39. The maximum Gasteiger partial charge on any atom is 0.736 e. The average molecular weight is 324 g/mol. The highest BCUT2D eigenvalue weighted by molar-refractivity contribution is 7.88. The Kier molecular flexibility index (Phi) is 5.55. The first-order chi connectivity index (χ1) is 8.18. The summed E-state index contributed by atoms with van der Waals surface area (Å²) in [5, 5.41) is 1.08. The van der Waals surface area contributed by atoms with E-state index < -0.39 is 29.1 Å². The molecule has 1 saturated heterocycles. The summed E-state index contributed by atoms with van der Waals surface area (Å²) in [6.07, 6.45) is 2.38. The van der Waals surface area contributed by atoms with Gasteiger partial charge in [0.1, 0.15) is 0 Å². The van der Waals surface area contributed by atoms with Gasteiger partial charge in [-0.3, -0.25) is 4.55 Å². The Hall–Kier alpha value is -0.200. The van der Waals surface area contributed by atoms with Crippen LogP contribution >= 0.6 is 8.25 Å². The van der Waals surface area contributed by atoms with Crippen molar-refractivity contribution in [3.63, 3.8) is 0 Å². The van der Waals surface area contributed by atoms with Crippen LogP contribution in [0.2, 0.25) is 0 Å². The van der Waals surface area contributed by atoms with Gasteiger partial charge in [-0.1, -0.05) is 6.42 Å². The molecule has 0 amide bonds. The fourth-order valence-corrected chi connectivity index (χ4v) is 3.30. The van der Waals surface area contributed by atoms with Gasteiger partial charge in [-0.05, 0) is 12.8 Å².